The van der Waals surface area contributed by atoms with E-state index in [1.54, 1.807) is 0 Å². The van der Waals surface area contributed by atoms with Gasteiger partial charge in [0.2, 0.25) is 5.82 Å². The maximum absolute atomic E-state index is 12.9. The lowest BCUT2D eigenvalue weighted by atomic mass is 10.1. The van der Waals surface area contributed by atoms with Gasteiger partial charge in [-0.3, -0.25) is 0 Å². The molecule has 0 bridgehead atoms. The Morgan fingerprint density at radius 2 is 2.14 bits per heavy atom. The highest BCUT2D eigenvalue weighted by Crippen LogP contribution is 2.34. The lowest BCUT2D eigenvalue weighted by Gasteiger charge is -2.12. The first kappa shape index (κ1) is 11.1. The van der Waals surface area contributed by atoms with Crippen LogP contribution in [0.15, 0.2) is 23.2 Å². The third-order valence-corrected chi connectivity index (χ3v) is 2.43. The molecular formula is C9H8BrF2NO. The smallest absolute Gasteiger partial charge is 0.200 e. The quantitative estimate of drug-likeness (QED) is 0.637. The molecule has 0 radical (unpaired) electrons. The minimum absolute atomic E-state index is 0.0823. The van der Waals surface area contributed by atoms with Crippen molar-refractivity contribution in [2.24, 2.45) is 5.73 Å². The molecule has 76 valence electrons. The van der Waals surface area contributed by atoms with Crippen LogP contribution in [0.5, 0.6) is 5.75 Å². The van der Waals surface area contributed by atoms with Crippen molar-refractivity contribution in [3.05, 3.63) is 40.4 Å². The average Bonchev–Trinajstić information content (AvgIpc) is 2.14. The zero-order valence-electron chi connectivity index (χ0n) is 7.10. The molecule has 1 atom stereocenters. The highest BCUT2D eigenvalue weighted by Gasteiger charge is 2.19. The number of rotatable bonds is 2. The second kappa shape index (κ2) is 4.06. The summed E-state index contributed by atoms with van der Waals surface area (Å²) in [6, 6.07) is 0.160. The summed E-state index contributed by atoms with van der Waals surface area (Å²) in [4.78, 5) is 0. The van der Waals surface area contributed by atoms with Gasteiger partial charge < -0.3 is 10.8 Å². The van der Waals surface area contributed by atoms with Crippen molar-refractivity contribution < 1.29 is 13.9 Å². The topological polar surface area (TPSA) is 46.2 Å². The van der Waals surface area contributed by atoms with E-state index < -0.39 is 23.4 Å². The Labute approximate surface area is 88.2 Å². The first-order valence-corrected chi connectivity index (χ1v) is 4.52. The van der Waals surface area contributed by atoms with E-state index in [2.05, 4.69) is 22.5 Å². The third-order valence-electron chi connectivity index (χ3n) is 1.77. The molecule has 0 fully saturated rings. The van der Waals surface area contributed by atoms with E-state index in [9.17, 15) is 13.9 Å². The van der Waals surface area contributed by atoms with Crippen LogP contribution in [-0.2, 0) is 0 Å². The van der Waals surface area contributed by atoms with Gasteiger partial charge in [0.05, 0.1) is 6.04 Å². The van der Waals surface area contributed by atoms with Crippen molar-refractivity contribution in [2.45, 2.75) is 6.04 Å². The van der Waals surface area contributed by atoms with E-state index in [4.69, 9.17) is 5.73 Å². The molecule has 1 aromatic rings. The summed E-state index contributed by atoms with van der Waals surface area (Å²) in [5, 5.41) is 9.29. The largest absolute Gasteiger partial charge is 0.504 e. The van der Waals surface area contributed by atoms with Gasteiger partial charge in [0.15, 0.2) is 11.6 Å². The summed E-state index contributed by atoms with van der Waals surface area (Å²) in [6.45, 7) is 3.40. The molecule has 0 spiro atoms. The van der Waals surface area contributed by atoms with Crippen LogP contribution >= 0.6 is 15.9 Å². The van der Waals surface area contributed by atoms with Gasteiger partial charge >= 0.3 is 0 Å². The van der Waals surface area contributed by atoms with E-state index >= 15 is 0 Å². The Bertz CT molecular complexity index is 382. The Morgan fingerprint density at radius 3 is 2.64 bits per heavy atom. The monoisotopic (exact) mass is 263 g/mol. The van der Waals surface area contributed by atoms with Crippen LogP contribution in [-0.4, -0.2) is 5.11 Å². The molecule has 5 heteroatoms. The van der Waals surface area contributed by atoms with Gasteiger partial charge in [-0.25, -0.2) is 4.39 Å². The molecule has 14 heavy (non-hydrogen) atoms. The first-order valence-electron chi connectivity index (χ1n) is 3.73. The Hall–Kier alpha value is -0.940. The fraction of sp³-hybridized carbons (Fsp3) is 0.111. The number of benzene rings is 1. The molecule has 3 N–H and O–H groups in total. The summed E-state index contributed by atoms with van der Waals surface area (Å²) in [6.07, 6.45) is 1.32. The van der Waals surface area contributed by atoms with E-state index in [0.29, 0.717) is 0 Å². The molecule has 1 aromatic carbocycles. The molecule has 1 rings (SSSR count). The molecule has 0 aromatic heterocycles. The fourth-order valence-electron chi connectivity index (χ4n) is 1.03. The molecule has 0 saturated carbocycles. The van der Waals surface area contributed by atoms with Gasteiger partial charge in [0, 0.05) is 10.0 Å². The average molecular weight is 264 g/mol. The number of halogens is 3. The maximum Gasteiger partial charge on any atom is 0.200 e. The van der Waals surface area contributed by atoms with Crippen molar-refractivity contribution in [1.29, 1.82) is 0 Å². The van der Waals surface area contributed by atoms with E-state index in [0.717, 1.165) is 6.07 Å². The van der Waals surface area contributed by atoms with Crippen LogP contribution in [0.25, 0.3) is 0 Å². The van der Waals surface area contributed by atoms with Gasteiger partial charge in [0.1, 0.15) is 0 Å². The normalized spacial score (nSPS) is 12.6. The number of phenolic OH excluding ortho intramolecular Hbond substituents is 1. The SMILES string of the molecule is C=CC(N)c1c(Br)cc(F)c(F)c1O. The van der Waals surface area contributed by atoms with Gasteiger partial charge in [-0.05, 0) is 6.07 Å². The van der Waals surface area contributed by atoms with Crippen LogP contribution in [0, 0.1) is 11.6 Å². The Balaban J connectivity index is 3.43. The molecular weight excluding hydrogens is 256 g/mol. The van der Waals surface area contributed by atoms with Crippen LogP contribution in [0.2, 0.25) is 0 Å². The van der Waals surface area contributed by atoms with E-state index in [1.807, 2.05) is 0 Å². The summed E-state index contributed by atoms with van der Waals surface area (Å²) < 4.78 is 25.9. The van der Waals surface area contributed by atoms with E-state index in [-0.39, 0.29) is 10.0 Å². The lowest BCUT2D eigenvalue weighted by Crippen LogP contribution is -2.09. The molecule has 0 heterocycles. The van der Waals surface area contributed by atoms with Crippen molar-refractivity contribution in [2.75, 3.05) is 0 Å². The van der Waals surface area contributed by atoms with Gasteiger partial charge in [-0.1, -0.05) is 22.0 Å². The Kier molecular flexibility index (Phi) is 3.23. The zero-order chi connectivity index (χ0) is 10.9. The molecule has 0 aliphatic rings. The zero-order valence-corrected chi connectivity index (χ0v) is 8.68. The predicted molar refractivity (Wildman–Crippen MR) is 52.8 cm³/mol. The predicted octanol–water partition coefficient (Wildman–Crippen LogP) is 2.62. The second-order valence-electron chi connectivity index (χ2n) is 2.68. The van der Waals surface area contributed by atoms with Crippen LogP contribution in [0.3, 0.4) is 0 Å². The van der Waals surface area contributed by atoms with Gasteiger partial charge in [-0.2, -0.15) is 4.39 Å². The highest BCUT2D eigenvalue weighted by molar-refractivity contribution is 9.10. The fourth-order valence-corrected chi connectivity index (χ4v) is 1.68. The van der Waals surface area contributed by atoms with Gasteiger partial charge in [0.25, 0.3) is 0 Å². The standard InChI is InChI=1S/C9H8BrF2NO/c1-2-6(13)7-4(10)3-5(11)8(12)9(7)14/h2-3,6,14H,1,13H2. The number of aromatic hydroxyl groups is 1. The minimum Gasteiger partial charge on any atom is -0.504 e. The minimum atomic E-state index is -1.31. The molecule has 1 unspecified atom stereocenters. The van der Waals surface area contributed by atoms with Crippen molar-refractivity contribution in [1.82, 2.24) is 0 Å². The van der Waals surface area contributed by atoms with Crippen molar-refractivity contribution >= 4 is 15.9 Å². The third kappa shape index (κ3) is 1.78. The molecule has 0 aliphatic heterocycles. The second-order valence-corrected chi connectivity index (χ2v) is 3.53. The molecule has 0 amide bonds. The van der Waals surface area contributed by atoms with Crippen molar-refractivity contribution in [3.8, 4) is 5.75 Å². The molecule has 0 saturated heterocycles. The summed E-state index contributed by atoms with van der Waals surface area (Å²) in [7, 11) is 0. The summed E-state index contributed by atoms with van der Waals surface area (Å²) in [5.74, 6) is -3.22. The van der Waals surface area contributed by atoms with E-state index in [1.165, 1.54) is 6.08 Å². The molecule has 2 nitrogen and oxygen atoms in total. The molecule has 0 aliphatic carbocycles. The van der Waals surface area contributed by atoms with Crippen LogP contribution in [0.4, 0.5) is 8.78 Å². The Morgan fingerprint density at radius 1 is 1.57 bits per heavy atom. The number of hydrogen-bond donors (Lipinski definition) is 2. The maximum atomic E-state index is 12.9. The first-order chi connectivity index (χ1) is 6.49. The number of hydrogen-bond acceptors (Lipinski definition) is 2. The number of nitrogens with two attached hydrogens (primary N) is 1. The van der Waals surface area contributed by atoms with Gasteiger partial charge in [-0.15, -0.1) is 6.58 Å². The number of phenols is 1. The summed E-state index contributed by atoms with van der Waals surface area (Å²) >= 11 is 2.98. The highest BCUT2D eigenvalue weighted by atomic mass is 79.9. The lowest BCUT2D eigenvalue weighted by molar-refractivity contribution is 0.399. The van der Waals surface area contributed by atoms with Crippen LogP contribution < -0.4 is 5.73 Å². The van der Waals surface area contributed by atoms with Crippen molar-refractivity contribution in [3.63, 3.8) is 0 Å². The van der Waals surface area contributed by atoms with Crippen LogP contribution in [0.1, 0.15) is 11.6 Å². The summed E-state index contributed by atoms with van der Waals surface area (Å²) in [5.41, 5.74) is 5.60.